The van der Waals surface area contributed by atoms with Gasteiger partial charge in [0.2, 0.25) is 0 Å². The summed E-state index contributed by atoms with van der Waals surface area (Å²) in [6, 6.07) is 0.568. The summed E-state index contributed by atoms with van der Waals surface area (Å²) in [6.07, 6.45) is 1.85. The van der Waals surface area contributed by atoms with Gasteiger partial charge in [-0.2, -0.15) is 0 Å². The zero-order valence-electron chi connectivity index (χ0n) is 9.71. The maximum Gasteiger partial charge on any atom is 0.267 e. The van der Waals surface area contributed by atoms with E-state index in [1.807, 2.05) is 11.7 Å². The van der Waals surface area contributed by atoms with Crippen LogP contribution in [0.5, 0.6) is 0 Å². The van der Waals surface area contributed by atoms with Crippen LogP contribution in [0.4, 0.5) is 0 Å². The average molecular weight is 209 g/mol. The molecule has 1 aliphatic heterocycles. The molecule has 0 aromatic carbocycles. The van der Waals surface area contributed by atoms with E-state index in [4.69, 9.17) is 0 Å². The quantitative estimate of drug-likeness (QED) is 0.732. The van der Waals surface area contributed by atoms with E-state index < -0.39 is 0 Å². The van der Waals surface area contributed by atoms with Crippen LogP contribution in [0, 0.1) is 0 Å². The fraction of sp³-hybridized carbons (Fsp3) is 0.727. The lowest BCUT2D eigenvalue weighted by Gasteiger charge is -2.23. The Kier molecular flexibility index (Phi) is 2.69. The number of rotatable bonds is 1. The number of nitrogens with zero attached hydrogens (tertiary/aromatic N) is 2. The minimum atomic E-state index is 0.0955. The van der Waals surface area contributed by atoms with Crippen molar-refractivity contribution in [1.29, 1.82) is 0 Å². The summed E-state index contributed by atoms with van der Waals surface area (Å²) in [4.78, 5) is 14.0. The molecule has 0 aliphatic carbocycles. The Morgan fingerprint density at radius 1 is 1.27 bits per heavy atom. The van der Waals surface area contributed by atoms with Gasteiger partial charge in [-0.15, -0.1) is 0 Å². The van der Waals surface area contributed by atoms with E-state index >= 15 is 0 Å². The minimum Gasteiger partial charge on any atom is -0.300 e. The van der Waals surface area contributed by atoms with Crippen LogP contribution in [0.2, 0.25) is 0 Å². The first kappa shape index (κ1) is 10.5. The molecule has 4 nitrogen and oxygen atoms in total. The van der Waals surface area contributed by atoms with Crippen molar-refractivity contribution in [3.63, 3.8) is 0 Å². The molecule has 2 rings (SSSR count). The molecule has 0 unspecified atom stereocenters. The first-order valence-electron chi connectivity index (χ1n) is 5.60. The maximum atomic E-state index is 11.6. The highest BCUT2D eigenvalue weighted by Crippen LogP contribution is 2.13. The number of aromatic nitrogens is 2. The van der Waals surface area contributed by atoms with E-state index in [0.717, 1.165) is 31.5 Å². The molecule has 0 atom stereocenters. The second kappa shape index (κ2) is 3.85. The summed E-state index contributed by atoms with van der Waals surface area (Å²) in [7, 11) is 1.92. The Hall–Kier alpha value is -1.03. The molecule has 1 aromatic rings. The maximum absolute atomic E-state index is 11.6. The molecular formula is C11H19N3O. The zero-order valence-corrected chi connectivity index (χ0v) is 9.71. The average Bonchev–Trinajstić information content (AvgIpc) is 2.40. The van der Waals surface area contributed by atoms with E-state index in [0.29, 0.717) is 6.04 Å². The molecule has 1 aliphatic rings. The fourth-order valence-electron chi connectivity index (χ4n) is 2.33. The van der Waals surface area contributed by atoms with Gasteiger partial charge in [0.25, 0.3) is 5.56 Å². The summed E-state index contributed by atoms with van der Waals surface area (Å²) in [6.45, 7) is 6.47. The van der Waals surface area contributed by atoms with E-state index in [2.05, 4.69) is 23.8 Å². The molecule has 4 heteroatoms. The second-order valence-electron chi connectivity index (χ2n) is 4.55. The van der Waals surface area contributed by atoms with Crippen molar-refractivity contribution in [2.45, 2.75) is 32.7 Å². The van der Waals surface area contributed by atoms with Gasteiger partial charge in [-0.05, 0) is 20.3 Å². The monoisotopic (exact) mass is 209 g/mol. The third-order valence-corrected chi connectivity index (χ3v) is 3.31. The van der Waals surface area contributed by atoms with Crippen LogP contribution in [0.25, 0.3) is 0 Å². The largest absolute Gasteiger partial charge is 0.300 e. The number of H-pyrrole nitrogens is 1. The number of aromatic amines is 1. The highest BCUT2D eigenvalue weighted by molar-refractivity contribution is 5.20. The van der Waals surface area contributed by atoms with Crippen LogP contribution in [-0.4, -0.2) is 33.8 Å². The standard InChI is InChI=1S/C11H19N3O/c1-8(2)14-6-4-9-10(5-7-14)13(3)12-11(9)15/h8H,4-7H2,1-3H3,(H,12,15). The van der Waals surface area contributed by atoms with E-state index in [9.17, 15) is 4.79 Å². The summed E-state index contributed by atoms with van der Waals surface area (Å²) in [5.74, 6) is 0. The van der Waals surface area contributed by atoms with Crippen molar-refractivity contribution in [3.8, 4) is 0 Å². The van der Waals surface area contributed by atoms with Crippen molar-refractivity contribution in [1.82, 2.24) is 14.7 Å². The summed E-state index contributed by atoms with van der Waals surface area (Å²) < 4.78 is 1.88. The molecule has 2 heterocycles. The highest BCUT2D eigenvalue weighted by Gasteiger charge is 2.20. The summed E-state index contributed by atoms with van der Waals surface area (Å²) >= 11 is 0. The molecular weight excluding hydrogens is 190 g/mol. The van der Waals surface area contributed by atoms with Gasteiger partial charge in [-0.3, -0.25) is 14.6 Å². The lowest BCUT2D eigenvalue weighted by molar-refractivity contribution is 0.231. The van der Waals surface area contributed by atoms with Crippen LogP contribution in [-0.2, 0) is 19.9 Å². The first-order chi connectivity index (χ1) is 7.09. The van der Waals surface area contributed by atoms with Gasteiger partial charge < -0.3 is 4.90 Å². The predicted octanol–water partition coefficient (Wildman–Crippen LogP) is 0.522. The molecule has 15 heavy (non-hydrogen) atoms. The molecule has 0 amide bonds. The Morgan fingerprint density at radius 2 is 1.93 bits per heavy atom. The molecule has 0 saturated carbocycles. The van der Waals surface area contributed by atoms with Crippen LogP contribution < -0.4 is 5.56 Å². The van der Waals surface area contributed by atoms with Crippen molar-refractivity contribution in [2.24, 2.45) is 7.05 Å². The molecule has 0 radical (unpaired) electrons. The number of hydrogen-bond donors (Lipinski definition) is 1. The fourth-order valence-corrected chi connectivity index (χ4v) is 2.33. The van der Waals surface area contributed by atoms with Crippen LogP contribution in [0.1, 0.15) is 25.1 Å². The molecule has 0 fully saturated rings. The number of nitrogens with one attached hydrogen (secondary N) is 1. The Bertz CT molecular complexity index is 402. The van der Waals surface area contributed by atoms with Gasteiger partial charge in [0, 0.05) is 43.9 Å². The third-order valence-electron chi connectivity index (χ3n) is 3.31. The van der Waals surface area contributed by atoms with E-state index in [-0.39, 0.29) is 5.56 Å². The SMILES string of the molecule is CC(C)N1CCc2c(n(C)[nH]c2=O)CC1. The topological polar surface area (TPSA) is 41.0 Å². The molecule has 0 spiro atoms. The first-order valence-corrected chi connectivity index (χ1v) is 5.60. The summed E-state index contributed by atoms with van der Waals surface area (Å²) in [5, 5.41) is 2.83. The zero-order chi connectivity index (χ0) is 11.0. The van der Waals surface area contributed by atoms with Gasteiger partial charge in [0.05, 0.1) is 0 Å². The normalized spacial score (nSPS) is 17.9. The van der Waals surface area contributed by atoms with Gasteiger partial charge in [0.1, 0.15) is 0 Å². The number of fused-ring (bicyclic) bond motifs is 1. The lowest BCUT2D eigenvalue weighted by atomic mass is 10.1. The molecule has 84 valence electrons. The Balaban J connectivity index is 2.26. The Labute approximate surface area is 89.9 Å². The van der Waals surface area contributed by atoms with Gasteiger partial charge in [-0.25, -0.2) is 0 Å². The molecule has 0 bridgehead atoms. The number of aryl methyl sites for hydroxylation is 1. The predicted molar refractivity (Wildman–Crippen MR) is 60.2 cm³/mol. The van der Waals surface area contributed by atoms with Gasteiger partial charge in [0.15, 0.2) is 0 Å². The van der Waals surface area contributed by atoms with Gasteiger partial charge >= 0.3 is 0 Å². The van der Waals surface area contributed by atoms with Crippen LogP contribution >= 0.6 is 0 Å². The van der Waals surface area contributed by atoms with Crippen molar-refractivity contribution in [2.75, 3.05) is 13.1 Å². The highest BCUT2D eigenvalue weighted by atomic mass is 16.1. The van der Waals surface area contributed by atoms with Gasteiger partial charge in [-0.1, -0.05) is 0 Å². The molecule has 1 N–H and O–H groups in total. The second-order valence-corrected chi connectivity index (χ2v) is 4.55. The Morgan fingerprint density at radius 3 is 2.60 bits per heavy atom. The van der Waals surface area contributed by atoms with E-state index in [1.54, 1.807) is 0 Å². The van der Waals surface area contributed by atoms with Crippen LogP contribution in [0.3, 0.4) is 0 Å². The number of hydrogen-bond acceptors (Lipinski definition) is 2. The molecule has 1 aromatic heterocycles. The van der Waals surface area contributed by atoms with Crippen molar-refractivity contribution < 1.29 is 0 Å². The third kappa shape index (κ3) is 1.86. The molecule has 0 saturated heterocycles. The van der Waals surface area contributed by atoms with Crippen molar-refractivity contribution in [3.05, 3.63) is 21.6 Å². The van der Waals surface area contributed by atoms with Crippen molar-refractivity contribution >= 4 is 0 Å². The smallest absolute Gasteiger partial charge is 0.267 e. The summed E-state index contributed by atoms with van der Waals surface area (Å²) in [5.41, 5.74) is 2.27. The van der Waals surface area contributed by atoms with E-state index in [1.165, 1.54) is 5.69 Å². The lowest BCUT2D eigenvalue weighted by Crippen LogP contribution is -2.33. The van der Waals surface area contributed by atoms with Crippen LogP contribution in [0.15, 0.2) is 4.79 Å². The minimum absolute atomic E-state index is 0.0955.